The Kier molecular flexibility index (Phi) is 5.51. The second kappa shape index (κ2) is 6.90. The molecule has 1 aromatic rings. The number of hydrogen-bond donors (Lipinski definition) is 0. The smallest absolute Gasteiger partial charge is 0.334 e. The number of alkyl halides is 1. The van der Waals surface area contributed by atoms with Crippen molar-refractivity contribution in [1.82, 2.24) is 0 Å². The molecule has 0 bridgehead atoms. The van der Waals surface area contributed by atoms with Gasteiger partial charge in [0, 0.05) is 23.0 Å². The lowest BCUT2D eigenvalue weighted by atomic mass is 10.1. The summed E-state index contributed by atoms with van der Waals surface area (Å²) < 4.78 is 4.88. The highest BCUT2D eigenvalue weighted by molar-refractivity contribution is 9.09. The Morgan fingerprint density at radius 3 is 2.50 bits per heavy atom. The number of carbonyl (C=O) groups excluding carboxylic acids is 1. The molecule has 0 aliphatic heterocycles. The number of rotatable bonds is 5. The van der Waals surface area contributed by atoms with Crippen LogP contribution in [-0.4, -0.2) is 22.8 Å². The van der Waals surface area contributed by atoms with Crippen LogP contribution in [0.3, 0.4) is 0 Å². The Morgan fingerprint density at radius 2 is 2.06 bits per heavy atom. The standard InChI is InChI=1S/C12H12BrNO4/c1-2-18-12(15)10(8-13)7-9-3-5-11(6-4-9)14(16)17/h3-7H,2,8H2,1H3. The van der Waals surface area contributed by atoms with Gasteiger partial charge in [-0.1, -0.05) is 15.9 Å². The van der Waals surface area contributed by atoms with Gasteiger partial charge in [-0.3, -0.25) is 10.1 Å². The zero-order valence-corrected chi connectivity index (χ0v) is 11.3. The maximum Gasteiger partial charge on any atom is 0.334 e. The third-order valence-electron chi connectivity index (χ3n) is 2.13. The van der Waals surface area contributed by atoms with Gasteiger partial charge in [0.2, 0.25) is 0 Å². The van der Waals surface area contributed by atoms with Gasteiger partial charge in [-0.15, -0.1) is 0 Å². The van der Waals surface area contributed by atoms with Crippen molar-refractivity contribution in [2.45, 2.75) is 6.92 Å². The fraction of sp³-hybridized carbons (Fsp3) is 0.250. The van der Waals surface area contributed by atoms with Gasteiger partial charge < -0.3 is 4.74 Å². The van der Waals surface area contributed by atoms with Gasteiger partial charge in [0.25, 0.3) is 5.69 Å². The van der Waals surface area contributed by atoms with Crippen LogP contribution >= 0.6 is 15.9 Å². The monoisotopic (exact) mass is 313 g/mol. The third-order valence-corrected chi connectivity index (χ3v) is 2.73. The minimum absolute atomic E-state index is 0.0173. The molecule has 6 heteroatoms. The third kappa shape index (κ3) is 3.96. The molecule has 0 atom stereocenters. The van der Waals surface area contributed by atoms with E-state index >= 15 is 0 Å². The first kappa shape index (κ1) is 14.4. The number of carbonyl (C=O) groups is 1. The second-order valence-corrected chi connectivity index (χ2v) is 3.93. The van der Waals surface area contributed by atoms with E-state index < -0.39 is 10.9 Å². The van der Waals surface area contributed by atoms with Gasteiger partial charge in [0.15, 0.2) is 0 Å². The predicted molar refractivity (Wildman–Crippen MR) is 71.5 cm³/mol. The molecule has 0 unspecified atom stereocenters. The lowest BCUT2D eigenvalue weighted by Crippen LogP contribution is -2.08. The van der Waals surface area contributed by atoms with E-state index in [1.54, 1.807) is 25.1 Å². The van der Waals surface area contributed by atoms with Crippen molar-refractivity contribution in [2.24, 2.45) is 0 Å². The van der Waals surface area contributed by atoms with Gasteiger partial charge in [-0.25, -0.2) is 4.79 Å². The first-order chi connectivity index (χ1) is 8.58. The average molecular weight is 314 g/mol. The summed E-state index contributed by atoms with van der Waals surface area (Å²) in [6.07, 6.45) is 1.64. The molecule has 0 heterocycles. The highest BCUT2D eigenvalue weighted by atomic mass is 79.9. The zero-order valence-electron chi connectivity index (χ0n) is 9.76. The summed E-state index contributed by atoms with van der Waals surface area (Å²) in [5.74, 6) is -0.396. The quantitative estimate of drug-likeness (QED) is 0.275. The van der Waals surface area contributed by atoms with Crippen LogP contribution in [0.15, 0.2) is 29.8 Å². The number of nitro groups is 1. The Hall–Kier alpha value is -1.69. The highest BCUT2D eigenvalue weighted by Gasteiger charge is 2.09. The number of ether oxygens (including phenoxy) is 1. The van der Waals surface area contributed by atoms with Crippen LogP contribution in [0.5, 0.6) is 0 Å². The number of nitrogens with zero attached hydrogens (tertiary/aromatic N) is 1. The van der Waals surface area contributed by atoms with Crippen LogP contribution in [0.25, 0.3) is 6.08 Å². The van der Waals surface area contributed by atoms with Gasteiger partial charge in [-0.2, -0.15) is 0 Å². The van der Waals surface area contributed by atoms with Crippen molar-refractivity contribution >= 4 is 33.7 Å². The molecule has 1 rings (SSSR count). The maximum absolute atomic E-state index is 11.5. The fourth-order valence-electron chi connectivity index (χ4n) is 1.27. The fourth-order valence-corrected chi connectivity index (χ4v) is 1.66. The van der Waals surface area contributed by atoms with Crippen molar-refractivity contribution in [3.05, 3.63) is 45.5 Å². The molecule has 0 aliphatic carbocycles. The van der Waals surface area contributed by atoms with E-state index in [9.17, 15) is 14.9 Å². The molecule has 0 saturated carbocycles. The summed E-state index contributed by atoms with van der Waals surface area (Å²) in [4.78, 5) is 21.5. The number of nitro benzene ring substituents is 1. The number of esters is 1. The van der Waals surface area contributed by atoms with E-state index in [1.807, 2.05) is 0 Å². The number of non-ortho nitro benzene ring substituents is 1. The van der Waals surface area contributed by atoms with E-state index in [2.05, 4.69) is 15.9 Å². The first-order valence-electron chi connectivity index (χ1n) is 5.26. The molecule has 5 nitrogen and oxygen atoms in total. The summed E-state index contributed by atoms with van der Waals surface area (Å²) in [6.45, 7) is 2.04. The predicted octanol–water partition coefficient (Wildman–Crippen LogP) is 2.94. The molecular formula is C12H12BrNO4. The minimum atomic E-state index is -0.468. The van der Waals surface area contributed by atoms with Crippen LogP contribution in [0, 0.1) is 10.1 Å². The van der Waals surface area contributed by atoms with Crippen molar-refractivity contribution in [3.63, 3.8) is 0 Å². The van der Waals surface area contributed by atoms with Crippen molar-refractivity contribution in [3.8, 4) is 0 Å². The molecule has 0 aromatic heterocycles. The molecule has 96 valence electrons. The number of benzene rings is 1. The van der Waals surface area contributed by atoms with E-state index in [4.69, 9.17) is 4.74 Å². The molecule has 0 fully saturated rings. The molecule has 0 aliphatic rings. The second-order valence-electron chi connectivity index (χ2n) is 3.37. The lowest BCUT2D eigenvalue weighted by Gasteiger charge is -2.03. The molecule has 0 N–H and O–H groups in total. The summed E-state index contributed by atoms with van der Waals surface area (Å²) in [5.41, 5.74) is 1.19. The normalized spacial score (nSPS) is 11.1. The maximum atomic E-state index is 11.5. The summed E-state index contributed by atoms with van der Waals surface area (Å²) in [7, 11) is 0. The van der Waals surface area contributed by atoms with E-state index in [1.165, 1.54) is 12.1 Å². The van der Waals surface area contributed by atoms with Crippen molar-refractivity contribution < 1.29 is 14.5 Å². The van der Waals surface area contributed by atoms with Crippen LogP contribution < -0.4 is 0 Å². The minimum Gasteiger partial charge on any atom is -0.463 e. The van der Waals surface area contributed by atoms with Gasteiger partial charge in [0.05, 0.1) is 11.5 Å². The Balaban J connectivity index is 2.92. The summed E-state index contributed by atoms with van der Waals surface area (Å²) in [6, 6.07) is 5.95. The van der Waals surface area contributed by atoms with Gasteiger partial charge in [-0.05, 0) is 30.7 Å². The van der Waals surface area contributed by atoms with Crippen LogP contribution in [-0.2, 0) is 9.53 Å². The molecule has 1 aromatic carbocycles. The van der Waals surface area contributed by atoms with Crippen molar-refractivity contribution in [1.29, 1.82) is 0 Å². The van der Waals surface area contributed by atoms with Crippen molar-refractivity contribution in [2.75, 3.05) is 11.9 Å². The van der Waals surface area contributed by atoms with Crippen LogP contribution in [0.1, 0.15) is 12.5 Å². The topological polar surface area (TPSA) is 69.4 Å². The first-order valence-corrected chi connectivity index (χ1v) is 6.38. The Morgan fingerprint density at radius 1 is 1.44 bits per heavy atom. The van der Waals surface area contributed by atoms with Crippen LogP contribution in [0.4, 0.5) is 5.69 Å². The highest BCUT2D eigenvalue weighted by Crippen LogP contribution is 2.15. The molecule has 18 heavy (non-hydrogen) atoms. The summed E-state index contributed by atoms with van der Waals surface area (Å²) in [5, 5.41) is 10.9. The molecule has 0 spiro atoms. The number of halogens is 1. The summed E-state index contributed by atoms with van der Waals surface area (Å²) >= 11 is 3.20. The Labute approximate surface area is 113 Å². The Bertz CT molecular complexity index is 467. The van der Waals surface area contributed by atoms with E-state index in [0.717, 1.165) is 0 Å². The van der Waals surface area contributed by atoms with Gasteiger partial charge >= 0.3 is 5.97 Å². The lowest BCUT2D eigenvalue weighted by molar-refractivity contribution is -0.384. The van der Waals surface area contributed by atoms with Crippen LogP contribution in [0.2, 0.25) is 0 Å². The number of hydrogen-bond acceptors (Lipinski definition) is 4. The molecule has 0 amide bonds. The average Bonchev–Trinajstić information content (AvgIpc) is 2.36. The largest absolute Gasteiger partial charge is 0.463 e. The van der Waals surface area contributed by atoms with E-state index in [0.29, 0.717) is 23.1 Å². The molecule has 0 saturated heterocycles. The molecule has 0 radical (unpaired) electrons. The zero-order chi connectivity index (χ0) is 13.5. The SMILES string of the molecule is CCOC(=O)C(=Cc1ccc([N+](=O)[O-])cc1)CBr. The van der Waals surface area contributed by atoms with E-state index in [-0.39, 0.29) is 5.69 Å². The molecular weight excluding hydrogens is 302 g/mol. The van der Waals surface area contributed by atoms with Gasteiger partial charge in [0.1, 0.15) is 0 Å².